The van der Waals surface area contributed by atoms with Gasteiger partial charge in [0, 0.05) is 22.4 Å². The number of thioether (sulfide) groups is 1. The van der Waals surface area contributed by atoms with Crippen molar-refractivity contribution >= 4 is 45.7 Å². The molecule has 0 aliphatic carbocycles. The van der Waals surface area contributed by atoms with Gasteiger partial charge in [0.25, 0.3) is 5.91 Å². The molecule has 0 bridgehead atoms. The fraction of sp³-hybridized carbons (Fsp3) is 0.105. The van der Waals surface area contributed by atoms with Crippen LogP contribution in [-0.4, -0.2) is 22.6 Å². The Hall–Kier alpha value is -2.71. The number of anilines is 2. The third-order valence-corrected chi connectivity index (χ3v) is 5.19. The van der Waals surface area contributed by atoms with Crippen LogP contribution in [0.3, 0.4) is 0 Å². The Kier molecular flexibility index (Phi) is 6.56. The van der Waals surface area contributed by atoms with E-state index in [0.717, 1.165) is 5.69 Å². The van der Waals surface area contributed by atoms with Gasteiger partial charge in [-0.1, -0.05) is 18.2 Å². The number of aromatic nitrogens is 1. The Morgan fingerprint density at radius 2 is 1.78 bits per heavy atom. The average Bonchev–Trinajstić information content (AvgIpc) is 3.11. The SMILES string of the molecule is O=C(CSCc1csc(NC(=O)c2ccccc2)n1)Nc1ccc(F)cc1. The van der Waals surface area contributed by atoms with Crippen molar-refractivity contribution < 1.29 is 14.0 Å². The minimum atomic E-state index is -0.346. The summed E-state index contributed by atoms with van der Waals surface area (Å²) in [4.78, 5) is 28.3. The highest BCUT2D eigenvalue weighted by atomic mass is 32.2. The Morgan fingerprint density at radius 3 is 2.52 bits per heavy atom. The Morgan fingerprint density at radius 1 is 1.04 bits per heavy atom. The minimum absolute atomic E-state index is 0.167. The second-order valence-electron chi connectivity index (χ2n) is 5.51. The first-order valence-corrected chi connectivity index (χ1v) is 10.1. The monoisotopic (exact) mass is 401 g/mol. The van der Waals surface area contributed by atoms with Crippen LogP contribution >= 0.6 is 23.1 Å². The molecule has 1 heterocycles. The molecular weight excluding hydrogens is 385 g/mol. The fourth-order valence-electron chi connectivity index (χ4n) is 2.17. The normalized spacial score (nSPS) is 10.4. The molecule has 0 radical (unpaired) electrons. The summed E-state index contributed by atoms with van der Waals surface area (Å²) < 4.78 is 12.8. The highest BCUT2D eigenvalue weighted by Gasteiger charge is 2.09. The van der Waals surface area contributed by atoms with E-state index in [9.17, 15) is 14.0 Å². The fourth-order valence-corrected chi connectivity index (χ4v) is 3.70. The van der Waals surface area contributed by atoms with Gasteiger partial charge in [-0.25, -0.2) is 9.37 Å². The number of halogens is 1. The van der Waals surface area contributed by atoms with Crippen molar-refractivity contribution in [2.75, 3.05) is 16.4 Å². The van der Waals surface area contributed by atoms with Gasteiger partial charge in [0.15, 0.2) is 5.13 Å². The molecule has 138 valence electrons. The summed E-state index contributed by atoms with van der Waals surface area (Å²) in [5.74, 6) is 0.0816. The van der Waals surface area contributed by atoms with E-state index >= 15 is 0 Å². The Labute approximate surface area is 164 Å². The zero-order chi connectivity index (χ0) is 19.1. The number of amides is 2. The first-order chi connectivity index (χ1) is 13.1. The molecular formula is C19H16FN3O2S2. The van der Waals surface area contributed by atoms with Crippen LogP contribution in [0.1, 0.15) is 16.1 Å². The van der Waals surface area contributed by atoms with E-state index in [0.29, 0.717) is 22.1 Å². The first kappa shape index (κ1) is 19.1. The zero-order valence-electron chi connectivity index (χ0n) is 14.1. The first-order valence-electron chi connectivity index (χ1n) is 8.04. The summed E-state index contributed by atoms with van der Waals surface area (Å²) >= 11 is 2.75. The molecule has 3 rings (SSSR count). The number of rotatable bonds is 7. The van der Waals surface area contributed by atoms with Crippen LogP contribution in [0.25, 0.3) is 0 Å². The molecule has 0 aliphatic heterocycles. The maximum absolute atomic E-state index is 12.8. The third-order valence-electron chi connectivity index (χ3n) is 3.42. The molecule has 2 amide bonds. The van der Waals surface area contributed by atoms with E-state index in [1.165, 1.54) is 47.4 Å². The molecule has 0 aliphatic rings. The van der Waals surface area contributed by atoms with E-state index in [-0.39, 0.29) is 23.4 Å². The highest BCUT2D eigenvalue weighted by molar-refractivity contribution is 7.99. The summed E-state index contributed by atoms with van der Waals surface area (Å²) in [7, 11) is 0. The molecule has 8 heteroatoms. The lowest BCUT2D eigenvalue weighted by molar-refractivity contribution is -0.113. The zero-order valence-corrected chi connectivity index (χ0v) is 15.8. The highest BCUT2D eigenvalue weighted by Crippen LogP contribution is 2.20. The second-order valence-corrected chi connectivity index (χ2v) is 7.36. The van der Waals surface area contributed by atoms with E-state index in [4.69, 9.17) is 0 Å². The molecule has 0 spiro atoms. The standard InChI is InChI=1S/C19H16FN3O2S2/c20-14-6-8-15(9-7-14)21-17(24)12-26-10-16-11-27-19(22-16)23-18(25)13-4-2-1-3-5-13/h1-9,11H,10,12H2,(H,21,24)(H,22,23,25). The van der Waals surface area contributed by atoms with Crippen molar-refractivity contribution in [3.8, 4) is 0 Å². The predicted octanol–water partition coefficient (Wildman–Crippen LogP) is 4.41. The Bertz CT molecular complexity index is 914. The van der Waals surface area contributed by atoms with Gasteiger partial charge in [0.2, 0.25) is 5.91 Å². The molecule has 2 aromatic carbocycles. The van der Waals surface area contributed by atoms with Gasteiger partial charge in [-0.05, 0) is 36.4 Å². The summed E-state index contributed by atoms with van der Waals surface area (Å²) in [6.45, 7) is 0. The molecule has 0 saturated carbocycles. The smallest absolute Gasteiger partial charge is 0.257 e. The molecule has 27 heavy (non-hydrogen) atoms. The van der Waals surface area contributed by atoms with Crippen LogP contribution in [0.2, 0.25) is 0 Å². The van der Waals surface area contributed by atoms with E-state index in [1.54, 1.807) is 24.3 Å². The van der Waals surface area contributed by atoms with E-state index in [2.05, 4.69) is 15.6 Å². The number of benzene rings is 2. The van der Waals surface area contributed by atoms with Gasteiger partial charge in [0.05, 0.1) is 11.4 Å². The van der Waals surface area contributed by atoms with Gasteiger partial charge >= 0.3 is 0 Å². The summed E-state index contributed by atoms with van der Waals surface area (Å²) in [6, 6.07) is 14.5. The van der Waals surface area contributed by atoms with Crippen molar-refractivity contribution in [2.45, 2.75) is 5.75 Å². The maximum atomic E-state index is 12.8. The number of hydrogen-bond acceptors (Lipinski definition) is 5. The number of thiazole rings is 1. The topological polar surface area (TPSA) is 71.1 Å². The van der Waals surface area contributed by atoms with Crippen molar-refractivity contribution in [3.63, 3.8) is 0 Å². The molecule has 0 atom stereocenters. The number of carbonyl (C=O) groups excluding carboxylic acids is 2. The molecule has 1 aromatic heterocycles. The van der Waals surface area contributed by atoms with Crippen LogP contribution in [0.15, 0.2) is 60.0 Å². The van der Waals surface area contributed by atoms with Crippen LogP contribution < -0.4 is 10.6 Å². The Balaban J connectivity index is 1.43. The number of nitrogens with zero attached hydrogens (tertiary/aromatic N) is 1. The van der Waals surface area contributed by atoms with Crippen LogP contribution in [-0.2, 0) is 10.5 Å². The van der Waals surface area contributed by atoms with Crippen LogP contribution in [0.5, 0.6) is 0 Å². The minimum Gasteiger partial charge on any atom is -0.325 e. The molecule has 5 nitrogen and oxygen atoms in total. The maximum Gasteiger partial charge on any atom is 0.257 e. The molecule has 0 unspecified atom stereocenters. The lowest BCUT2D eigenvalue weighted by Crippen LogP contribution is -2.14. The largest absolute Gasteiger partial charge is 0.325 e. The van der Waals surface area contributed by atoms with Gasteiger partial charge < -0.3 is 5.32 Å². The van der Waals surface area contributed by atoms with Crippen molar-refractivity contribution in [1.82, 2.24) is 4.98 Å². The summed E-state index contributed by atoms with van der Waals surface area (Å²) in [6.07, 6.45) is 0. The van der Waals surface area contributed by atoms with Gasteiger partial charge in [0.1, 0.15) is 5.82 Å². The molecule has 0 fully saturated rings. The number of carbonyl (C=O) groups is 2. The van der Waals surface area contributed by atoms with E-state index < -0.39 is 0 Å². The van der Waals surface area contributed by atoms with E-state index in [1.807, 2.05) is 11.4 Å². The van der Waals surface area contributed by atoms with Crippen molar-refractivity contribution in [3.05, 3.63) is 77.1 Å². The average molecular weight is 401 g/mol. The quantitative estimate of drug-likeness (QED) is 0.615. The van der Waals surface area contributed by atoms with Crippen molar-refractivity contribution in [1.29, 1.82) is 0 Å². The van der Waals surface area contributed by atoms with Crippen LogP contribution in [0, 0.1) is 5.82 Å². The lowest BCUT2D eigenvalue weighted by atomic mass is 10.2. The third kappa shape index (κ3) is 5.90. The lowest BCUT2D eigenvalue weighted by Gasteiger charge is -2.04. The summed E-state index contributed by atoms with van der Waals surface area (Å²) in [5.41, 5.74) is 1.92. The number of hydrogen-bond donors (Lipinski definition) is 2. The second kappa shape index (κ2) is 9.29. The molecule has 2 N–H and O–H groups in total. The summed E-state index contributed by atoms with van der Waals surface area (Å²) in [5, 5.41) is 7.84. The molecule has 3 aromatic rings. The van der Waals surface area contributed by atoms with Crippen LogP contribution in [0.4, 0.5) is 15.2 Å². The van der Waals surface area contributed by atoms with Gasteiger partial charge in [-0.2, -0.15) is 0 Å². The van der Waals surface area contributed by atoms with Crippen molar-refractivity contribution in [2.24, 2.45) is 0 Å². The molecule has 0 saturated heterocycles. The van der Waals surface area contributed by atoms with Gasteiger partial charge in [-0.3, -0.25) is 14.9 Å². The predicted molar refractivity (Wildman–Crippen MR) is 108 cm³/mol. The van der Waals surface area contributed by atoms with Gasteiger partial charge in [-0.15, -0.1) is 23.1 Å². The number of nitrogens with one attached hydrogen (secondary N) is 2.